The zero-order chi connectivity index (χ0) is 26.5. The average molecular weight is 529 g/mol. The molecule has 0 bridgehead atoms. The quantitative estimate of drug-likeness (QED) is 0.193. The molecular formula is C28H25ClN6O3. The number of rotatable bonds is 8. The van der Waals surface area contributed by atoms with Crippen LogP contribution in [0.4, 0.5) is 11.6 Å². The summed E-state index contributed by atoms with van der Waals surface area (Å²) in [6.07, 6.45) is 6.87. The van der Waals surface area contributed by atoms with Gasteiger partial charge in [-0.3, -0.25) is 4.79 Å². The van der Waals surface area contributed by atoms with Crippen molar-refractivity contribution in [3.05, 3.63) is 70.9 Å². The van der Waals surface area contributed by atoms with Gasteiger partial charge >= 0.3 is 0 Å². The van der Waals surface area contributed by atoms with Crippen molar-refractivity contribution >= 4 is 39.9 Å². The van der Waals surface area contributed by atoms with Crippen molar-refractivity contribution in [2.24, 2.45) is 5.92 Å². The van der Waals surface area contributed by atoms with Crippen LogP contribution in [-0.2, 0) is 4.79 Å². The van der Waals surface area contributed by atoms with Gasteiger partial charge in [-0.2, -0.15) is 0 Å². The molecule has 0 spiro atoms. The van der Waals surface area contributed by atoms with Gasteiger partial charge in [-0.05, 0) is 43.9 Å². The lowest BCUT2D eigenvalue weighted by Crippen LogP contribution is -2.14. The molecule has 0 aromatic carbocycles. The number of ether oxygens (including phenoxy) is 2. The van der Waals surface area contributed by atoms with Crippen molar-refractivity contribution in [1.82, 2.24) is 19.9 Å². The normalized spacial score (nSPS) is 12.4. The van der Waals surface area contributed by atoms with Crippen LogP contribution in [0.15, 0.2) is 48.9 Å². The molecule has 1 aliphatic carbocycles. The predicted molar refractivity (Wildman–Crippen MR) is 146 cm³/mol. The fourth-order valence-corrected chi connectivity index (χ4v) is 3.85. The van der Waals surface area contributed by atoms with E-state index in [0.717, 1.165) is 29.2 Å². The summed E-state index contributed by atoms with van der Waals surface area (Å²) in [6.45, 7) is 2.52. The average Bonchev–Trinajstić information content (AvgIpc) is 3.78. The third kappa shape index (κ3) is 6.10. The van der Waals surface area contributed by atoms with Crippen LogP contribution in [0.3, 0.4) is 0 Å². The van der Waals surface area contributed by atoms with Crippen LogP contribution in [-0.4, -0.2) is 46.1 Å². The van der Waals surface area contributed by atoms with Gasteiger partial charge in [0.15, 0.2) is 0 Å². The van der Waals surface area contributed by atoms with E-state index in [1.165, 1.54) is 0 Å². The molecular weight excluding hydrogens is 504 g/mol. The van der Waals surface area contributed by atoms with E-state index in [-0.39, 0.29) is 11.8 Å². The Morgan fingerprint density at radius 1 is 1.05 bits per heavy atom. The molecule has 1 fully saturated rings. The highest BCUT2D eigenvalue weighted by atomic mass is 35.5. The van der Waals surface area contributed by atoms with Gasteiger partial charge in [0.1, 0.15) is 41.4 Å². The van der Waals surface area contributed by atoms with E-state index in [1.54, 1.807) is 43.8 Å². The van der Waals surface area contributed by atoms with Gasteiger partial charge in [0.2, 0.25) is 11.8 Å². The lowest BCUT2D eigenvalue weighted by Gasteiger charge is -2.10. The Labute approximate surface area is 225 Å². The number of anilines is 2. The fourth-order valence-electron chi connectivity index (χ4n) is 3.71. The van der Waals surface area contributed by atoms with Crippen molar-refractivity contribution in [3.8, 4) is 23.5 Å². The number of amides is 1. The standard InChI is InChI=1S/C28H25ClN6O3/c1-17-3-8-24(29)34-28(17)38-12-11-37-21-9-10-31-20(13-21)7-6-19-15-33-26(30-2)23-16-32-25(14-22(19)23)35-27(36)18-4-5-18/h3,8-10,13-16,18H,4-5,11-12H2,1-2H3,(H,30,33)(H,32,35,36). The monoisotopic (exact) mass is 528 g/mol. The minimum Gasteiger partial charge on any atom is -0.490 e. The molecule has 1 amide bonds. The molecule has 9 nitrogen and oxygen atoms in total. The summed E-state index contributed by atoms with van der Waals surface area (Å²) >= 11 is 5.94. The summed E-state index contributed by atoms with van der Waals surface area (Å²) < 4.78 is 11.5. The van der Waals surface area contributed by atoms with Crippen LogP contribution in [0.25, 0.3) is 10.8 Å². The minimum atomic E-state index is -0.00207. The van der Waals surface area contributed by atoms with Crippen LogP contribution >= 0.6 is 11.6 Å². The molecule has 0 atom stereocenters. The zero-order valence-electron chi connectivity index (χ0n) is 20.9. The molecule has 0 unspecified atom stereocenters. The van der Waals surface area contributed by atoms with Gasteiger partial charge in [0, 0.05) is 54.0 Å². The molecule has 1 aliphatic rings. The SMILES string of the molecule is CNc1ncc(C#Cc2cc(OCCOc3nc(Cl)ccc3C)ccn2)c2cc(NC(=O)C3CC3)ncc12. The topological polar surface area (TPSA) is 111 Å². The Hall–Kier alpha value is -4.42. The van der Waals surface area contributed by atoms with E-state index in [9.17, 15) is 4.79 Å². The Bertz CT molecular complexity index is 1560. The first-order valence-electron chi connectivity index (χ1n) is 12.1. The van der Waals surface area contributed by atoms with E-state index in [0.29, 0.717) is 52.9 Å². The summed E-state index contributed by atoms with van der Waals surface area (Å²) in [6, 6.07) is 8.91. The maximum absolute atomic E-state index is 12.2. The number of aromatic nitrogens is 4. The summed E-state index contributed by atoms with van der Waals surface area (Å²) in [5, 5.41) is 7.97. The second-order valence-corrected chi connectivity index (χ2v) is 9.12. The number of halogens is 1. The smallest absolute Gasteiger partial charge is 0.228 e. The van der Waals surface area contributed by atoms with Gasteiger partial charge in [-0.1, -0.05) is 23.6 Å². The number of carbonyl (C=O) groups is 1. The first kappa shape index (κ1) is 25.2. The van der Waals surface area contributed by atoms with Crippen molar-refractivity contribution in [2.75, 3.05) is 30.9 Å². The highest BCUT2D eigenvalue weighted by molar-refractivity contribution is 6.29. The fraction of sp³-hybridized carbons (Fsp3) is 0.250. The second kappa shape index (κ2) is 11.3. The number of carbonyl (C=O) groups excluding carboxylic acids is 1. The molecule has 38 heavy (non-hydrogen) atoms. The lowest BCUT2D eigenvalue weighted by atomic mass is 10.1. The van der Waals surface area contributed by atoms with Gasteiger partial charge < -0.3 is 20.1 Å². The highest BCUT2D eigenvalue weighted by Crippen LogP contribution is 2.31. The van der Waals surface area contributed by atoms with E-state index >= 15 is 0 Å². The summed E-state index contributed by atoms with van der Waals surface area (Å²) in [4.78, 5) is 29.6. The molecule has 5 rings (SSSR count). The van der Waals surface area contributed by atoms with Gasteiger partial charge in [0.05, 0.1) is 5.56 Å². The van der Waals surface area contributed by atoms with E-state index in [2.05, 4.69) is 42.4 Å². The molecule has 2 N–H and O–H groups in total. The highest BCUT2D eigenvalue weighted by Gasteiger charge is 2.29. The van der Waals surface area contributed by atoms with E-state index in [4.69, 9.17) is 21.1 Å². The lowest BCUT2D eigenvalue weighted by molar-refractivity contribution is -0.117. The Morgan fingerprint density at radius 2 is 1.89 bits per heavy atom. The zero-order valence-corrected chi connectivity index (χ0v) is 21.7. The van der Waals surface area contributed by atoms with Gasteiger partial charge in [-0.15, -0.1) is 0 Å². The first-order chi connectivity index (χ1) is 18.5. The predicted octanol–water partition coefficient (Wildman–Crippen LogP) is 4.63. The maximum Gasteiger partial charge on any atom is 0.228 e. The first-order valence-corrected chi connectivity index (χ1v) is 12.5. The van der Waals surface area contributed by atoms with Crippen molar-refractivity contribution in [3.63, 3.8) is 0 Å². The number of hydrogen-bond donors (Lipinski definition) is 2. The van der Waals surface area contributed by atoms with Crippen molar-refractivity contribution in [2.45, 2.75) is 19.8 Å². The summed E-state index contributed by atoms with van der Waals surface area (Å²) in [7, 11) is 1.79. The second-order valence-electron chi connectivity index (χ2n) is 8.73. The number of nitrogens with one attached hydrogen (secondary N) is 2. The number of hydrogen-bond acceptors (Lipinski definition) is 8. The Kier molecular flexibility index (Phi) is 7.52. The van der Waals surface area contributed by atoms with Crippen LogP contribution < -0.4 is 20.1 Å². The molecule has 4 heterocycles. The van der Waals surface area contributed by atoms with E-state index < -0.39 is 0 Å². The number of aryl methyl sites for hydroxylation is 1. The summed E-state index contributed by atoms with van der Waals surface area (Å²) in [5.41, 5.74) is 2.13. The number of pyridine rings is 4. The van der Waals surface area contributed by atoms with Crippen LogP contribution in [0.2, 0.25) is 5.15 Å². The minimum absolute atomic E-state index is 0.00207. The number of fused-ring (bicyclic) bond motifs is 1. The molecule has 4 aromatic rings. The van der Waals surface area contributed by atoms with Crippen LogP contribution in [0.1, 0.15) is 29.7 Å². The van der Waals surface area contributed by atoms with Gasteiger partial charge in [-0.25, -0.2) is 19.9 Å². The molecule has 0 aliphatic heterocycles. The maximum atomic E-state index is 12.2. The number of nitrogens with zero attached hydrogens (tertiary/aromatic N) is 4. The Balaban J connectivity index is 1.30. The third-order valence-corrected chi connectivity index (χ3v) is 6.08. The van der Waals surface area contributed by atoms with Gasteiger partial charge in [0.25, 0.3) is 0 Å². The molecule has 0 radical (unpaired) electrons. The Morgan fingerprint density at radius 3 is 2.71 bits per heavy atom. The molecule has 4 aromatic heterocycles. The van der Waals surface area contributed by atoms with E-state index in [1.807, 2.05) is 19.1 Å². The van der Waals surface area contributed by atoms with Crippen LogP contribution in [0, 0.1) is 24.7 Å². The van der Waals surface area contributed by atoms with Crippen molar-refractivity contribution in [1.29, 1.82) is 0 Å². The largest absolute Gasteiger partial charge is 0.490 e. The van der Waals surface area contributed by atoms with Crippen LogP contribution in [0.5, 0.6) is 11.6 Å². The molecule has 10 heteroatoms. The third-order valence-electron chi connectivity index (χ3n) is 5.87. The van der Waals surface area contributed by atoms with Crippen molar-refractivity contribution < 1.29 is 14.3 Å². The molecule has 1 saturated carbocycles. The molecule has 0 saturated heterocycles. The summed E-state index contributed by atoms with van der Waals surface area (Å²) in [5.74, 6) is 8.59. The molecule has 192 valence electrons.